The maximum absolute atomic E-state index is 11.7. The lowest BCUT2D eigenvalue weighted by molar-refractivity contribution is -0.117. The minimum atomic E-state index is -0.0597. The first-order valence-corrected chi connectivity index (χ1v) is 5.66. The minimum absolute atomic E-state index is 0.0411. The third kappa shape index (κ3) is 1.91. The van der Waals surface area contributed by atoms with Gasteiger partial charge in [0.2, 0.25) is 5.91 Å². The third-order valence-electron chi connectivity index (χ3n) is 2.59. The summed E-state index contributed by atoms with van der Waals surface area (Å²) in [7, 11) is 0. The van der Waals surface area contributed by atoms with Gasteiger partial charge in [-0.1, -0.05) is 15.9 Å². The molecule has 4 heteroatoms. The summed E-state index contributed by atoms with van der Waals surface area (Å²) in [4.78, 5) is 13.2. The van der Waals surface area contributed by atoms with E-state index in [1.165, 1.54) is 4.90 Å². The Morgan fingerprint density at radius 1 is 1.56 bits per heavy atom. The van der Waals surface area contributed by atoms with Crippen molar-refractivity contribution in [3.63, 3.8) is 0 Å². The molecule has 16 heavy (non-hydrogen) atoms. The summed E-state index contributed by atoms with van der Waals surface area (Å²) >= 11 is 3.25. The quantitative estimate of drug-likeness (QED) is 0.801. The summed E-state index contributed by atoms with van der Waals surface area (Å²) in [6, 6.07) is 5.05. The van der Waals surface area contributed by atoms with E-state index >= 15 is 0 Å². The van der Waals surface area contributed by atoms with E-state index in [1.54, 1.807) is 18.2 Å². The van der Waals surface area contributed by atoms with Crippen LogP contribution in [0, 0.1) is 18.3 Å². The number of halogens is 1. The molecule has 2 rings (SSSR count). The van der Waals surface area contributed by atoms with Gasteiger partial charge in [-0.15, -0.1) is 12.3 Å². The van der Waals surface area contributed by atoms with E-state index in [2.05, 4.69) is 21.9 Å². The zero-order valence-electron chi connectivity index (χ0n) is 8.48. The highest BCUT2D eigenvalue weighted by molar-refractivity contribution is 9.10. The number of nitrogens with zero attached hydrogens (tertiary/aromatic N) is 1. The Kier molecular flexibility index (Phi) is 2.88. The van der Waals surface area contributed by atoms with Crippen LogP contribution in [0.5, 0.6) is 5.75 Å². The lowest BCUT2D eigenvalue weighted by Gasteiger charge is -2.17. The number of terminal acetylenes is 1. The van der Waals surface area contributed by atoms with Crippen molar-refractivity contribution in [1.29, 1.82) is 0 Å². The molecule has 0 saturated carbocycles. The van der Waals surface area contributed by atoms with Crippen LogP contribution in [-0.4, -0.2) is 17.6 Å². The van der Waals surface area contributed by atoms with Crippen molar-refractivity contribution >= 4 is 27.5 Å². The number of carbonyl (C=O) groups excluding carboxylic acids is 1. The second-order valence-corrected chi connectivity index (χ2v) is 4.62. The molecule has 1 aliphatic heterocycles. The van der Waals surface area contributed by atoms with Crippen molar-refractivity contribution in [2.24, 2.45) is 5.92 Å². The number of aromatic hydroxyl groups is 1. The first-order chi connectivity index (χ1) is 7.61. The van der Waals surface area contributed by atoms with E-state index < -0.39 is 0 Å². The molecule has 1 N–H and O–H groups in total. The first-order valence-electron chi connectivity index (χ1n) is 4.87. The SMILES string of the molecule is C#CC1CC(=O)N(c2ccc(Br)cc2O)C1. The predicted molar refractivity (Wildman–Crippen MR) is 65.1 cm³/mol. The molecule has 0 radical (unpaired) electrons. The molecule has 0 bridgehead atoms. The average Bonchev–Trinajstić information content (AvgIpc) is 2.60. The molecule has 1 aliphatic rings. The molecular weight excluding hydrogens is 270 g/mol. The molecule has 1 fully saturated rings. The zero-order valence-corrected chi connectivity index (χ0v) is 10.1. The average molecular weight is 280 g/mol. The van der Waals surface area contributed by atoms with Gasteiger partial charge in [0.05, 0.1) is 5.69 Å². The molecule has 1 atom stereocenters. The summed E-state index contributed by atoms with van der Waals surface area (Å²) in [6.07, 6.45) is 5.65. The van der Waals surface area contributed by atoms with Crippen molar-refractivity contribution < 1.29 is 9.90 Å². The summed E-state index contributed by atoms with van der Waals surface area (Å²) in [5.74, 6) is 2.55. The van der Waals surface area contributed by atoms with E-state index in [4.69, 9.17) is 6.42 Å². The molecular formula is C12H10BrNO2. The third-order valence-corrected chi connectivity index (χ3v) is 3.08. The Bertz CT molecular complexity index is 478. The molecule has 1 aromatic rings. The van der Waals surface area contributed by atoms with Crippen LogP contribution >= 0.6 is 15.9 Å². The number of hydrogen-bond donors (Lipinski definition) is 1. The molecule has 0 aliphatic carbocycles. The Hall–Kier alpha value is -1.47. The topological polar surface area (TPSA) is 40.5 Å². The molecule has 1 aromatic carbocycles. The molecule has 1 amide bonds. The fraction of sp³-hybridized carbons (Fsp3) is 0.250. The normalized spacial score (nSPS) is 19.9. The number of carbonyl (C=O) groups is 1. The van der Waals surface area contributed by atoms with Crippen molar-refractivity contribution in [3.05, 3.63) is 22.7 Å². The Morgan fingerprint density at radius 2 is 2.31 bits per heavy atom. The van der Waals surface area contributed by atoms with Gasteiger partial charge in [-0.25, -0.2) is 0 Å². The van der Waals surface area contributed by atoms with E-state index in [9.17, 15) is 9.90 Å². The molecule has 1 saturated heterocycles. The highest BCUT2D eigenvalue weighted by atomic mass is 79.9. The zero-order chi connectivity index (χ0) is 11.7. The molecule has 0 aromatic heterocycles. The van der Waals surface area contributed by atoms with Crippen LogP contribution in [0.3, 0.4) is 0 Å². The molecule has 82 valence electrons. The fourth-order valence-electron chi connectivity index (χ4n) is 1.78. The van der Waals surface area contributed by atoms with Gasteiger partial charge in [-0.05, 0) is 18.2 Å². The summed E-state index contributed by atoms with van der Waals surface area (Å²) in [5.41, 5.74) is 0.519. The van der Waals surface area contributed by atoms with E-state index in [-0.39, 0.29) is 17.6 Å². The van der Waals surface area contributed by atoms with Crippen molar-refractivity contribution in [2.45, 2.75) is 6.42 Å². The predicted octanol–water partition coefficient (Wildman–Crippen LogP) is 2.14. The number of anilines is 1. The van der Waals surface area contributed by atoms with Gasteiger partial charge in [0.15, 0.2) is 0 Å². The van der Waals surface area contributed by atoms with Crippen LogP contribution < -0.4 is 4.90 Å². The van der Waals surface area contributed by atoms with Crippen molar-refractivity contribution in [1.82, 2.24) is 0 Å². The fourth-order valence-corrected chi connectivity index (χ4v) is 2.13. The van der Waals surface area contributed by atoms with E-state index in [0.717, 1.165) is 4.47 Å². The standard InChI is InChI=1S/C12H10BrNO2/c1-2-8-5-12(16)14(7-8)10-4-3-9(13)6-11(10)15/h1,3-4,6,8,15H,5,7H2. The highest BCUT2D eigenvalue weighted by Gasteiger charge is 2.30. The summed E-state index contributed by atoms with van der Waals surface area (Å²) < 4.78 is 0.772. The van der Waals surface area contributed by atoms with Crippen LogP contribution in [-0.2, 0) is 4.79 Å². The van der Waals surface area contributed by atoms with Gasteiger partial charge in [0.25, 0.3) is 0 Å². The Balaban J connectivity index is 2.32. The van der Waals surface area contributed by atoms with Crippen molar-refractivity contribution in [2.75, 3.05) is 11.4 Å². The first kappa shape index (κ1) is 11.0. The number of rotatable bonds is 1. The van der Waals surface area contributed by atoms with Gasteiger partial charge in [-0.3, -0.25) is 4.79 Å². The second-order valence-electron chi connectivity index (χ2n) is 3.71. The maximum atomic E-state index is 11.7. The van der Waals surface area contributed by atoms with Gasteiger partial charge < -0.3 is 10.0 Å². The lowest BCUT2D eigenvalue weighted by atomic mass is 10.1. The van der Waals surface area contributed by atoms with Gasteiger partial charge in [0, 0.05) is 23.4 Å². The number of amides is 1. The van der Waals surface area contributed by atoms with Crippen LogP contribution in [0.15, 0.2) is 22.7 Å². The highest BCUT2D eigenvalue weighted by Crippen LogP contribution is 2.33. The maximum Gasteiger partial charge on any atom is 0.228 e. The van der Waals surface area contributed by atoms with E-state index in [1.807, 2.05) is 0 Å². The lowest BCUT2D eigenvalue weighted by Crippen LogP contribution is -2.24. The smallest absolute Gasteiger partial charge is 0.228 e. The van der Waals surface area contributed by atoms with Gasteiger partial charge >= 0.3 is 0 Å². The molecule has 3 nitrogen and oxygen atoms in total. The Morgan fingerprint density at radius 3 is 2.88 bits per heavy atom. The largest absolute Gasteiger partial charge is 0.506 e. The molecule has 1 heterocycles. The second kappa shape index (κ2) is 4.18. The van der Waals surface area contributed by atoms with Crippen LogP contribution in [0.1, 0.15) is 6.42 Å². The molecule has 0 spiro atoms. The summed E-state index contributed by atoms with van der Waals surface area (Å²) in [5, 5.41) is 9.75. The summed E-state index contributed by atoms with van der Waals surface area (Å²) in [6.45, 7) is 0.477. The monoisotopic (exact) mass is 279 g/mol. The van der Waals surface area contributed by atoms with Crippen LogP contribution in [0.4, 0.5) is 5.69 Å². The Labute approximate surface area is 102 Å². The van der Waals surface area contributed by atoms with Crippen LogP contribution in [0.25, 0.3) is 0 Å². The van der Waals surface area contributed by atoms with Gasteiger partial charge in [-0.2, -0.15) is 0 Å². The number of benzene rings is 1. The number of hydrogen-bond acceptors (Lipinski definition) is 2. The van der Waals surface area contributed by atoms with Crippen molar-refractivity contribution in [3.8, 4) is 18.1 Å². The van der Waals surface area contributed by atoms with Crippen LogP contribution in [0.2, 0.25) is 0 Å². The molecule has 1 unspecified atom stereocenters. The van der Waals surface area contributed by atoms with E-state index in [0.29, 0.717) is 18.7 Å². The number of phenols is 1. The van der Waals surface area contributed by atoms with Gasteiger partial charge in [0.1, 0.15) is 5.75 Å². The minimum Gasteiger partial charge on any atom is -0.506 e. The number of phenolic OH excluding ortho intramolecular Hbond substituents is 1.